The van der Waals surface area contributed by atoms with Crippen molar-refractivity contribution in [3.8, 4) is 5.75 Å². The molecule has 0 N–H and O–H groups in total. The van der Waals surface area contributed by atoms with Gasteiger partial charge in [-0.1, -0.05) is 22.0 Å². The first-order valence-electron chi connectivity index (χ1n) is 7.13. The molecule has 1 aromatic carbocycles. The van der Waals surface area contributed by atoms with Gasteiger partial charge in [-0.15, -0.1) is 5.10 Å². The third-order valence-electron chi connectivity index (χ3n) is 3.55. The van der Waals surface area contributed by atoms with Crippen LogP contribution in [0, 0.1) is 0 Å². The molecule has 0 fully saturated rings. The lowest BCUT2D eigenvalue weighted by Gasteiger charge is -2.18. The van der Waals surface area contributed by atoms with E-state index >= 15 is 0 Å². The number of pyridine rings is 1. The van der Waals surface area contributed by atoms with Gasteiger partial charge >= 0.3 is 5.69 Å². The van der Waals surface area contributed by atoms with E-state index in [0.29, 0.717) is 18.9 Å². The Bertz CT molecular complexity index is 887. The molecule has 0 aliphatic carbocycles. The van der Waals surface area contributed by atoms with E-state index in [1.165, 1.54) is 9.08 Å². The van der Waals surface area contributed by atoms with Gasteiger partial charge in [0.15, 0.2) is 5.65 Å². The Morgan fingerprint density at radius 3 is 2.87 bits per heavy atom. The van der Waals surface area contributed by atoms with Crippen LogP contribution in [0.25, 0.3) is 5.65 Å². The summed E-state index contributed by atoms with van der Waals surface area (Å²) in [5.74, 6) is 0.822. The predicted molar refractivity (Wildman–Crippen MR) is 91.6 cm³/mol. The van der Waals surface area contributed by atoms with Crippen LogP contribution in [0.15, 0.2) is 51.9 Å². The Labute approximate surface area is 142 Å². The molecule has 0 radical (unpaired) electrons. The van der Waals surface area contributed by atoms with Crippen molar-refractivity contribution in [2.45, 2.75) is 13.2 Å². The van der Waals surface area contributed by atoms with Gasteiger partial charge in [0.2, 0.25) is 0 Å². The Kier molecular flexibility index (Phi) is 4.49. The van der Waals surface area contributed by atoms with Crippen LogP contribution in [0.5, 0.6) is 5.75 Å². The highest BCUT2D eigenvalue weighted by Crippen LogP contribution is 2.24. The molecule has 0 unspecified atom stereocenters. The van der Waals surface area contributed by atoms with Crippen LogP contribution in [0.1, 0.15) is 5.56 Å². The number of halogens is 1. The van der Waals surface area contributed by atoms with Crippen LogP contribution >= 0.6 is 15.9 Å². The smallest absolute Gasteiger partial charge is 0.351 e. The van der Waals surface area contributed by atoms with E-state index < -0.39 is 0 Å². The largest absolute Gasteiger partial charge is 0.496 e. The van der Waals surface area contributed by atoms with Crippen molar-refractivity contribution >= 4 is 21.6 Å². The average Bonchev–Trinajstić information content (AvgIpc) is 2.84. The Morgan fingerprint density at radius 1 is 1.30 bits per heavy atom. The van der Waals surface area contributed by atoms with E-state index in [0.717, 1.165) is 15.8 Å². The summed E-state index contributed by atoms with van der Waals surface area (Å²) in [5, 5.41) is 4.34. The number of benzene rings is 1. The summed E-state index contributed by atoms with van der Waals surface area (Å²) in [5.41, 5.74) is 1.54. The first kappa shape index (κ1) is 15.8. The van der Waals surface area contributed by atoms with E-state index in [2.05, 4.69) is 21.0 Å². The molecule has 0 spiro atoms. The summed E-state index contributed by atoms with van der Waals surface area (Å²) < 4.78 is 9.37. The monoisotopic (exact) mass is 376 g/mol. The molecular weight excluding hydrogens is 360 g/mol. The van der Waals surface area contributed by atoms with Crippen LogP contribution in [0.2, 0.25) is 0 Å². The maximum Gasteiger partial charge on any atom is 0.351 e. The number of methoxy groups -OCH3 is 1. The summed E-state index contributed by atoms with van der Waals surface area (Å²) >= 11 is 3.47. The minimum atomic E-state index is -0.145. The van der Waals surface area contributed by atoms with Crippen molar-refractivity contribution in [1.82, 2.24) is 19.1 Å². The molecule has 0 atom stereocenters. The fraction of sp³-hybridized carbons (Fsp3) is 0.250. The normalized spacial score (nSPS) is 11.3. The topological polar surface area (TPSA) is 51.8 Å². The number of aromatic nitrogens is 3. The zero-order chi connectivity index (χ0) is 16.4. The molecule has 0 aliphatic heterocycles. The second-order valence-electron chi connectivity index (χ2n) is 5.32. The van der Waals surface area contributed by atoms with Gasteiger partial charge in [0.1, 0.15) is 5.75 Å². The van der Waals surface area contributed by atoms with Crippen molar-refractivity contribution in [3.05, 3.63) is 63.1 Å². The second-order valence-corrected chi connectivity index (χ2v) is 6.24. The van der Waals surface area contributed by atoms with Gasteiger partial charge in [-0.2, -0.15) is 4.68 Å². The number of hydrogen-bond acceptors (Lipinski definition) is 4. The minimum Gasteiger partial charge on any atom is -0.496 e. The zero-order valence-corrected chi connectivity index (χ0v) is 14.5. The summed E-state index contributed by atoms with van der Waals surface area (Å²) in [7, 11) is 3.59. The molecule has 0 bridgehead atoms. The van der Waals surface area contributed by atoms with E-state index in [4.69, 9.17) is 4.74 Å². The number of hydrogen-bond donors (Lipinski definition) is 0. The van der Waals surface area contributed by atoms with Crippen LogP contribution in [0.3, 0.4) is 0 Å². The number of nitrogens with zero attached hydrogens (tertiary/aromatic N) is 4. The van der Waals surface area contributed by atoms with Crippen molar-refractivity contribution in [2.75, 3.05) is 14.2 Å². The van der Waals surface area contributed by atoms with Crippen molar-refractivity contribution in [2.24, 2.45) is 0 Å². The van der Waals surface area contributed by atoms with Crippen molar-refractivity contribution < 1.29 is 4.74 Å². The molecule has 3 aromatic rings. The Morgan fingerprint density at radius 2 is 2.13 bits per heavy atom. The lowest BCUT2D eigenvalue weighted by Crippen LogP contribution is -2.30. The number of fused-ring (bicyclic) bond motifs is 1. The Balaban J connectivity index is 1.81. The van der Waals surface area contributed by atoms with Gasteiger partial charge in [-0.3, -0.25) is 9.30 Å². The first-order valence-corrected chi connectivity index (χ1v) is 7.93. The van der Waals surface area contributed by atoms with Crippen molar-refractivity contribution in [3.63, 3.8) is 0 Å². The molecule has 0 amide bonds. The molecule has 7 heteroatoms. The van der Waals surface area contributed by atoms with Gasteiger partial charge in [-0.25, -0.2) is 4.79 Å². The Hall–Kier alpha value is -2.12. The number of ether oxygens (including phenoxy) is 1. The molecule has 2 heterocycles. The second kappa shape index (κ2) is 6.55. The lowest BCUT2D eigenvalue weighted by atomic mass is 10.2. The number of rotatable bonds is 5. The third kappa shape index (κ3) is 3.30. The SMILES string of the molecule is COc1ccc(Br)cc1CN(C)Cn1nc2ccccn2c1=O. The predicted octanol–water partition coefficient (Wildman–Crippen LogP) is 2.36. The van der Waals surface area contributed by atoms with Crippen LogP contribution in [-0.4, -0.2) is 33.2 Å². The molecule has 6 nitrogen and oxygen atoms in total. The quantitative estimate of drug-likeness (QED) is 0.685. The van der Waals surface area contributed by atoms with E-state index in [1.807, 2.05) is 48.3 Å². The van der Waals surface area contributed by atoms with Crippen LogP contribution in [-0.2, 0) is 13.2 Å². The fourth-order valence-corrected chi connectivity index (χ4v) is 2.91. The molecular formula is C16H17BrN4O2. The summed E-state index contributed by atoms with van der Waals surface area (Å²) in [6, 6.07) is 11.4. The van der Waals surface area contributed by atoms with Crippen LogP contribution in [0.4, 0.5) is 0 Å². The lowest BCUT2D eigenvalue weighted by molar-refractivity contribution is 0.239. The van der Waals surface area contributed by atoms with Crippen LogP contribution < -0.4 is 10.4 Å². The summed E-state index contributed by atoms with van der Waals surface area (Å²) in [6.45, 7) is 1.04. The van der Waals surface area contributed by atoms with Gasteiger partial charge in [-0.05, 0) is 37.4 Å². The molecule has 2 aromatic heterocycles. The third-order valence-corrected chi connectivity index (χ3v) is 4.04. The van der Waals surface area contributed by atoms with Gasteiger partial charge in [0.05, 0.1) is 13.8 Å². The molecule has 0 saturated carbocycles. The molecule has 0 aliphatic rings. The highest BCUT2D eigenvalue weighted by molar-refractivity contribution is 9.10. The highest BCUT2D eigenvalue weighted by Gasteiger charge is 2.11. The molecule has 23 heavy (non-hydrogen) atoms. The molecule has 120 valence electrons. The summed E-state index contributed by atoms with van der Waals surface area (Å²) in [6.07, 6.45) is 1.72. The maximum absolute atomic E-state index is 12.3. The maximum atomic E-state index is 12.3. The van der Waals surface area contributed by atoms with Crippen molar-refractivity contribution in [1.29, 1.82) is 0 Å². The standard InChI is InChI=1S/C16H17BrN4O2/c1-19(10-12-9-13(17)6-7-14(12)23-2)11-21-16(22)20-8-4-3-5-15(20)18-21/h3-9H,10-11H2,1-2H3. The van der Waals surface area contributed by atoms with Gasteiger partial charge < -0.3 is 4.74 Å². The fourth-order valence-electron chi connectivity index (χ4n) is 2.50. The minimum absolute atomic E-state index is 0.145. The van der Waals surface area contributed by atoms with E-state index in [-0.39, 0.29) is 5.69 Å². The molecule has 3 rings (SSSR count). The van der Waals surface area contributed by atoms with Gasteiger partial charge in [0.25, 0.3) is 0 Å². The summed E-state index contributed by atoms with van der Waals surface area (Å²) in [4.78, 5) is 14.3. The molecule has 0 saturated heterocycles. The zero-order valence-electron chi connectivity index (χ0n) is 12.9. The van der Waals surface area contributed by atoms with Gasteiger partial charge in [0, 0.05) is 22.8 Å². The average molecular weight is 377 g/mol. The van der Waals surface area contributed by atoms with E-state index in [1.54, 1.807) is 13.3 Å². The van der Waals surface area contributed by atoms with E-state index in [9.17, 15) is 4.79 Å². The first-order chi connectivity index (χ1) is 11.1. The highest BCUT2D eigenvalue weighted by atomic mass is 79.9.